The van der Waals surface area contributed by atoms with Gasteiger partial charge in [-0.3, -0.25) is 29.4 Å². The molecule has 5 heterocycles. The minimum absolute atomic E-state index is 0.0378. The Morgan fingerprint density at radius 1 is 0.634 bits per heavy atom. The SMILES string of the molecule is COc1cc2c(cc1OCc1cccc(COc3cc4c(cc3C)C(=O)N3Cc5ccccc5C[C@H]3C=N4)n1)N=C[C@@H]1Cc3ccc(NC(=O)CCOCCOCCOCCOCCN)cc3CN1C2=O. The number of benzene rings is 4. The number of carbonyl (C=O) groups is 3. The lowest BCUT2D eigenvalue weighted by Gasteiger charge is -2.34. The van der Waals surface area contributed by atoms with Gasteiger partial charge in [0, 0.05) is 49.9 Å². The first-order valence-corrected chi connectivity index (χ1v) is 24.0. The number of hydrogen-bond acceptors (Lipinski definition) is 14. The van der Waals surface area contributed by atoms with Gasteiger partial charge in [0.15, 0.2) is 11.5 Å². The van der Waals surface area contributed by atoms with Crippen molar-refractivity contribution in [3.05, 3.63) is 135 Å². The maximum absolute atomic E-state index is 14.2. The van der Waals surface area contributed by atoms with Crippen molar-refractivity contribution in [1.29, 1.82) is 0 Å². The lowest BCUT2D eigenvalue weighted by Crippen LogP contribution is -2.44. The van der Waals surface area contributed by atoms with E-state index in [1.807, 2.05) is 84.9 Å². The van der Waals surface area contributed by atoms with E-state index in [0.717, 1.165) is 28.7 Å². The van der Waals surface area contributed by atoms with Crippen LogP contribution in [0.15, 0.2) is 94.9 Å². The van der Waals surface area contributed by atoms with Crippen molar-refractivity contribution in [1.82, 2.24) is 14.8 Å². The quantitative estimate of drug-likeness (QED) is 0.0718. The monoisotopic (exact) mass is 965 g/mol. The normalized spacial score (nSPS) is 16.4. The van der Waals surface area contributed by atoms with Gasteiger partial charge in [-0.05, 0) is 84.0 Å². The molecular weight excluding hydrogens is 907 g/mol. The summed E-state index contributed by atoms with van der Waals surface area (Å²) in [5.74, 6) is 1.02. The Kier molecular flexibility index (Phi) is 16.0. The highest BCUT2D eigenvalue weighted by molar-refractivity contribution is 6.04. The molecule has 4 aliphatic heterocycles. The van der Waals surface area contributed by atoms with Crippen molar-refractivity contribution in [2.24, 2.45) is 15.7 Å². The van der Waals surface area contributed by atoms with Crippen molar-refractivity contribution >= 4 is 47.2 Å². The minimum Gasteiger partial charge on any atom is -0.493 e. The van der Waals surface area contributed by atoms with Gasteiger partial charge in [-0.2, -0.15) is 0 Å². The minimum atomic E-state index is -0.271. The van der Waals surface area contributed by atoms with E-state index >= 15 is 0 Å². The third-order valence-corrected chi connectivity index (χ3v) is 12.7. The highest BCUT2D eigenvalue weighted by Gasteiger charge is 2.35. The Morgan fingerprint density at radius 2 is 1.20 bits per heavy atom. The van der Waals surface area contributed by atoms with E-state index in [4.69, 9.17) is 53.9 Å². The Morgan fingerprint density at radius 3 is 1.85 bits per heavy atom. The Labute approximate surface area is 412 Å². The lowest BCUT2D eigenvalue weighted by atomic mass is 9.93. The second-order valence-electron chi connectivity index (χ2n) is 17.6. The summed E-state index contributed by atoms with van der Waals surface area (Å²) in [5, 5.41) is 2.96. The second-order valence-corrected chi connectivity index (χ2v) is 17.6. The molecule has 9 rings (SSSR count). The van der Waals surface area contributed by atoms with Crippen LogP contribution >= 0.6 is 0 Å². The van der Waals surface area contributed by atoms with Crippen LogP contribution in [-0.2, 0) is 62.9 Å². The van der Waals surface area contributed by atoms with Gasteiger partial charge in [0.2, 0.25) is 5.91 Å². The summed E-state index contributed by atoms with van der Waals surface area (Å²) in [5.41, 5.74) is 14.6. The predicted molar refractivity (Wildman–Crippen MR) is 267 cm³/mol. The molecule has 0 saturated carbocycles. The summed E-state index contributed by atoms with van der Waals surface area (Å²) in [4.78, 5) is 58.8. The van der Waals surface area contributed by atoms with Crippen LogP contribution in [0.25, 0.3) is 0 Å². The van der Waals surface area contributed by atoms with Crippen molar-refractivity contribution in [3.63, 3.8) is 0 Å². The number of rotatable bonds is 22. The van der Waals surface area contributed by atoms with Crippen molar-refractivity contribution in [3.8, 4) is 17.2 Å². The zero-order valence-electron chi connectivity index (χ0n) is 40.1. The molecule has 4 aliphatic rings. The number of fused-ring (bicyclic) bond motifs is 6. The molecule has 0 fully saturated rings. The Hall–Kier alpha value is -7.02. The summed E-state index contributed by atoms with van der Waals surface area (Å²) >= 11 is 0. The number of amides is 3. The number of anilines is 1. The van der Waals surface area contributed by atoms with Gasteiger partial charge >= 0.3 is 0 Å². The number of pyridine rings is 1. The zero-order valence-corrected chi connectivity index (χ0v) is 40.1. The first-order chi connectivity index (χ1) is 34.7. The molecule has 3 N–H and O–H groups in total. The molecule has 71 heavy (non-hydrogen) atoms. The fourth-order valence-corrected chi connectivity index (χ4v) is 9.02. The number of hydrogen-bond donors (Lipinski definition) is 2. The predicted octanol–water partition coefficient (Wildman–Crippen LogP) is 6.48. The van der Waals surface area contributed by atoms with Crippen LogP contribution in [0.5, 0.6) is 17.2 Å². The van der Waals surface area contributed by atoms with Gasteiger partial charge in [0.05, 0.1) is 112 Å². The number of ether oxygens (including phenoxy) is 7. The molecule has 1 aromatic heterocycles. The molecule has 0 radical (unpaired) electrons. The number of carbonyl (C=O) groups excluding carboxylic acids is 3. The maximum atomic E-state index is 14.2. The molecule has 0 aliphatic carbocycles. The van der Waals surface area contributed by atoms with Crippen molar-refractivity contribution < 1.29 is 47.5 Å². The van der Waals surface area contributed by atoms with Gasteiger partial charge in [0.1, 0.15) is 19.0 Å². The number of aromatic nitrogens is 1. The Balaban J connectivity index is 0.764. The van der Waals surface area contributed by atoms with Crippen LogP contribution in [0.3, 0.4) is 0 Å². The van der Waals surface area contributed by atoms with Crippen molar-refractivity contribution in [2.45, 2.75) is 64.6 Å². The summed E-state index contributed by atoms with van der Waals surface area (Å²) < 4.78 is 40.1. The number of aliphatic imine (C=N–C) groups is 2. The molecule has 0 saturated heterocycles. The van der Waals surface area contributed by atoms with Gasteiger partial charge in [0.25, 0.3) is 11.8 Å². The van der Waals surface area contributed by atoms with E-state index in [9.17, 15) is 14.4 Å². The van der Waals surface area contributed by atoms with E-state index in [1.165, 1.54) is 12.7 Å². The second kappa shape index (κ2) is 23.3. The Bertz CT molecular complexity index is 2800. The average molecular weight is 966 g/mol. The van der Waals surface area contributed by atoms with Crippen molar-refractivity contribution in [2.75, 3.05) is 71.8 Å². The molecule has 370 valence electrons. The van der Waals surface area contributed by atoms with Gasteiger partial charge in [-0.15, -0.1) is 0 Å². The molecule has 2 atom stereocenters. The summed E-state index contributed by atoms with van der Waals surface area (Å²) in [7, 11) is 1.53. The molecule has 0 unspecified atom stereocenters. The molecule has 3 amide bonds. The van der Waals surface area contributed by atoms with Crippen LogP contribution in [0.2, 0.25) is 0 Å². The lowest BCUT2D eigenvalue weighted by molar-refractivity contribution is -0.117. The summed E-state index contributed by atoms with van der Waals surface area (Å²) in [6.45, 7) is 7.03. The third kappa shape index (κ3) is 12.0. The number of nitrogens with two attached hydrogens (primary N) is 1. The molecule has 17 nitrogen and oxygen atoms in total. The fraction of sp³-hybridized carbons (Fsp3) is 0.370. The largest absolute Gasteiger partial charge is 0.493 e. The van der Waals surface area contributed by atoms with E-state index in [0.29, 0.717) is 129 Å². The van der Waals surface area contributed by atoms with Crippen LogP contribution in [0, 0.1) is 6.92 Å². The first-order valence-electron chi connectivity index (χ1n) is 24.0. The number of methoxy groups -OCH3 is 1. The van der Waals surface area contributed by atoms with Gasteiger partial charge < -0.3 is 54.0 Å². The fourth-order valence-electron chi connectivity index (χ4n) is 9.02. The molecule has 0 bridgehead atoms. The van der Waals surface area contributed by atoms with E-state index in [1.54, 1.807) is 17.0 Å². The first kappa shape index (κ1) is 49.0. The third-order valence-electron chi connectivity index (χ3n) is 12.7. The van der Waals surface area contributed by atoms with E-state index in [-0.39, 0.29) is 56.0 Å². The highest BCUT2D eigenvalue weighted by atomic mass is 16.6. The van der Waals surface area contributed by atoms with E-state index < -0.39 is 0 Å². The number of nitrogens with zero attached hydrogens (tertiary/aromatic N) is 5. The molecule has 4 aromatic carbocycles. The standard InChI is InChI=1S/C54H59N7O10/c1-35-22-45-47(56-29-43-24-36-6-3-4-7-38(36)31-60(43)53(45)63)27-49(35)70-33-41-8-5-9-42(58-41)34-71-51-28-48-46(26-50(51)65-2)54(64)61-32-39-23-40(11-10-37(39)25-44(61)30-57-48)59-52(62)12-14-66-16-18-68-20-21-69-19-17-67-15-13-55/h3-11,22-23,26-30,43-44H,12-21,24-25,31-34,55H2,1-2H3,(H,59,62)/t43-,44-/m0/s1. The van der Waals surface area contributed by atoms with Crippen LogP contribution in [-0.4, -0.2) is 124 Å². The molecule has 17 heteroatoms. The van der Waals surface area contributed by atoms with Crippen LogP contribution < -0.4 is 25.3 Å². The molecular formula is C54H59N7O10. The number of aryl methyl sites for hydroxylation is 1. The van der Waals surface area contributed by atoms with Gasteiger partial charge in [-0.1, -0.05) is 36.4 Å². The summed E-state index contributed by atoms with van der Waals surface area (Å²) in [6.07, 6.45) is 5.16. The number of nitrogens with one attached hydrogen (secondary N) is 1. The molecule has 5 aromatic rings. The summed E-state index contributed by atoms with van der Waals surface area (Å²) in [6, 6.07) is 26.4. The van der Waals surface area contributed by atoms with Crippen LogP contribution in [0.1, 0.15) is 66.3 Å². The molecule has 0 spiro atoms. The zero-order chi connectivity index (χ0) is 49.1. The van der Waals surface area contributed by atoms with E-state index in [2.05, 4.69) is 17.4 Å². The smallest absolute Gasteiger partial charge is 0.257 e. The average Bonchev–Trinajstić information content (AvgIpc) is 3.60. The van der Waals surface area contributed by atoms with Gasteiger partial charge in [-0.25, -0.2) is 0 Å². The van der Waals surface area contributed by atoms with Crippen LogP contribution in [0.4, 0.5) is 17.1 Å². The maximum Gasteiger partial charge on any atom is 0.257 e. The highest BCUT2D eigenvalue weighted by Crippen LogP contribution is 2.40. The topological polar surface area (TPSA) is 198 Å².